The fourth-order valence-corrected chi connectivity index (χ4v) is 11.6. The van der Waals surface area contributed by atoms with E-state index in [1.54, 1.807) is 0 Å². The van der Waals surface area contributed by atoms with Crippen LogP contribution in [0.3, 0.4) is 0 Å². The van der Waals surface area contributed by atoms with E-state index in [-0.39, 0.29) is 0 Å². The van der Waals surface area contributed by atoms with Gasteiger partial charge >= 0.3 is 0 Å². The minimum atomic E-state index is -0.483. The lowest BCUT2D eigenvalue weighted by Gasteiger charge is -2.34. The van der Waals surface area contributed by atoms with Gasteiger partial charge in [0.05, 0.1) is 16.4 Å². The number of benzene rings is 11. The van der Waals surface area contributed by atoms with Crippen molar-refractivity contribution >= 4 is 60.8 Å². The average Bonchev–Trinajstić information content (AvgIpc) is 4.08. The molecule has 13 aromatic rings. The molecular weight excluding hydrogens is 849 g/mol. The lowest BCUT2D eigenvalue weighted by atomic mass is 9.68. The van der Waals surface area contributed by atoms with Crippen LogP contribution in [0, 0.1) is 0 Å². The Labute approximate surface area is 406 Å². The molecule has 14 rings (SSSR count). The molecule has 1 aliphatic rings. The molecule has 0 saturated heterocycles. The number of fused-ring (bicyclic) bond motifs is 9. The van der Waals surface area contributed by atoms with E-state index in [0.717, 1.165) is 66.9 Å². The third-order valence-corrected chi connectivity index (χ3v) is 14.7. The minimum absolute atomic E-state index is 0.483. The zero-order chi connectivity index (χ0) is 46.2. The van der Waals surface area contributed by atoms with Crippen LogP contribution in [0.25, 0.3) is 82.8 Å². The van der Waals surface area contributed by atoms with Gasteiger partial charge in [0.15, 0.2) is 0 Å². The van der Waals surface area contributed by atoms with Gasteiger partial charge < -0.3 is 13.9 Å². The molecular formula is C67H44N2O. The van der Waals surface area contributed by atoms with E-state index in [9.17, 15) is 0 Å². The van der Waals surface area contributed by atoms with Gasteiger partial charge in [-0.2, -0.15) is 0 Å². The molecule has 0 atom stereocenters. The summed E-state index contributed by atoms with van der Waals surface area (Å²) in [6, 6.07) is 97.3. The van der Waals surface area contributed by atoms with E-state index in [4.69, 9.17) is 4.42 Å². The van der Waals surface area contributed by atoms with Gasteiger partial charge in [-0.1, -0.05) is 188 Å². The van der Waals surface area contributed by atoms with E-state index in [1.807, 2.05) is 12.1 Å². The predicted molar refractivity (Wildman–Crippen MR) is 291 cm³/mol. The predicted octanol–water partition coefficient (Wildman–Crippen LogP) is 17.8. The molecule has 2 aromatic heterocycles. The van der Waals surface area contributed by atoms with Gasteiger partial charge in [0.2, 0.25) is 0 Å². The van der Waals surface area contributed by atoms with Crippen molar-refractivity contribution in [2.24, 2.45) is 0 Å². The maximum absolute atomic E-state index is 6.23. The fraction of sp³-hybridized carbons (Fsp3) is 0.0149. The third kappa shape index (κ3) is 6.15. The normalized spacial score (nSPS) is 12.7. The van der Waals surface area contributed by atoms with Gasteiger partial charge in [0.25, 0.3) is 0 Å². The maximum atomic E-state index is 6.23. The zero-order valence-corrected chi connectivity index (χ0v) is 38.2. The summed E-state index contributed by atoms with van der Waals surface area (Å²) in [6.45, 7) is 0. The van der Waals surface area contributed by atoms with Crippen molar-refractivity contribution in [3.63, 3.8) is 0 Å². The molecule has 0 aliphatic heterocycles. The van der Waals surface area contributed by atoms with Crippen molar-refractivity contribution in [2.75, 3.05) is 4.90 Å². The van der Waals surface area contributed by atoms with Crippen molar-refractivity contribution in [3.05, 3.63) is 289 Å². The van der Waals surface area contributed by atoms with Gasteiger partial charge in [-0.3, -0.25) is 0 Å². The molecule has 0 saturated carbocycles. The van der Waals surface area contributed by atoms with Crippen LogP contribution in [0.4, 0.5) is 17.1 Å². The summed E-state index contributed by atoms with van der Waals surface area (Å²) in [7, 11) is 0. The van der Waals surface area contributed by atoms with E-state index in [1.165, 1.54) is 55.2 Å². The molecule has 0 radical (unpaired) electrons. The van der Waals surface area contributed by atoms with Crippen LogP contribution in [0.2, 0.25) is 0 Å². The van der Waals surface area contributed by atoms with Crippen LogP contribution in [0.1, 0.15) is 22.3 Å². The Hall–Kier alpha value is -9.18. The largest absolute Gasteiger partial charge is 0.456 e. The molecule has 0 spiro atoms. The number of nitrogens with zero attached hydrogens (tertiary/aromatic N) is 2. The highest BCUT2D eigenvalue weighted by atomic mass is 16.3. The molecule has 1 aliphatic carbocycles. The van der Waals surface area contributed by atoms with Crippen molar-refractivity contribution in [3.8, 4) is 39.1 Å². The molecule has 328 valence electrons. The summed E-state index contributed by atoms with van der Waals surface area (Å²) in [6.07, 6.45) is 0. The van der Waals surface area contributed by atoms with Crippen LogP contribution in [0.15, 0.2) is 271 Å². The monoisotopic (exact) mass is 892 g/mol. The van der Waals surface area contributed by atoms with Crippen LogP contribution >= 0.6 is 0 Å². The number of hydrogen-bond donors (Lipinski definition) is 0. The molecule has 3 heteroatoms. The first kappa shape index (κ1) is 39.9. The van der Waals surface area contributed by atoms with Crippen LogP contribution in [-0.2, 0) is 5.41 Å². The molecule has 70 heavy (non-hydrogen) atoms. The van der Waals surface area contributed by atoms with E-state index in [2.05, 4.69) is 264 Å². The van der Waals surface area contributed by atoms with E-state index >= 15 is 0 Å². The lowest BCUT2D eigenvalue weighted by molar-refractivity contribution is 0.669. The fourth-order valence-electron chi connectivity index (χ4n) is 11.6. The number of para-hydroxylation sites is 3. The number of hydrogen-bond acceptors (Lipinski definition) is 2. The molecule has 0 fully saturated rings. The van der Waals surface area contributed by atoms with Gasteiger partial charge in [0, 0.05) is 44.3 Å². The minimum Gasteiger partial charge on any atom is -0.456 e. The van der Waals surface area contributed by atoms with Crippen LogP contribution in [-0.4, -0.2) is 4.57 Å². The van der Waals surface area contributed by atoms with Crippen molar-refractivity contribution in [1.82, 2.24) is 4.57 Å². The third-order valence-electron chi connectivity index (χ3n) is 14.7. The molecule has 0 bridgehead atoms. The Kier molecular flexibility index (Phi) is 9.11. The van der Waals surface area contributed by atoms with Crippen molar-refractivity contribution in [2.45, 2.75) is 5.41 Å². The van der Waals surface area contributed by atoms with Gasteiger partial charge in [0.1, 0.15) is 11.2 Å². The van der Waals surface area contributed by atoms with Gasteiger partial charge in [-0.25, -0.2) is 0 Å². The summed E-state index contributed by atoms with van der Waals surface area (Å²) in [5, 5.41) is 4.76. The molecule has 0 unspecified atom stereocenters. The Morgan fingerprint density at radius 1 is 0.314 bits per heavy atom. The summed E-state index contributed by atoms with van der Waals surface area (Å²) in [5.74, 6) is 0. The SMILES string of the molecule is c1ccc(C2(c3ccc(N(c4ccc(-c5cccc(-n6c7ccccc7c7ccccc76)c5)cc4)c4cccc(-c5ccc6oc7ccccc7c6c5)c4)cc3)c3ccccc3-c3ccccc32)cc1. The Morgan fingerprint density at radius 3 is 1.53 bits per heavy atom. The highest BCUT2D eigenvalue weighted by Crippen LogP contribution is 2.56. The average molecular weight is 893 g/mol. The van der Waals surface area contributed by atoms with Gasteiger partial charge in [-0.15, -0.1) is 0 Å². The summed E-state index contributed by atoms with van der Waals surface area (Å²) < 4.78 is 8.62. The first-order valence-electron chi connectivity index (χ1n) is 24.1. The lowest BCUT2D eigenvalue weighted by Crippen LogP contribution is -2.28. The van der Waals surface area contributed by atoms with E-state index in [0.29, 0.717) is 0 Å². The van der Waals surface area contributed by atoms with E-state index < -0.39 is 5.41 Å². The highest BCUT2D eigenvalue weighted by molar-refractivity contribution is 6.09. The quantitative estimate of drug-likeness (QED) is 0.152. The first-order valence-corrected chi connectivity index (χ1v) is 24.1. The molecule has 2 heterocycles. The second-order valence-corrected chi connectivity index (χ2v) is 18.4. The molecule has 0 amide bonds. The van der Waals surface area contributed by atoms with Crippen LogP contribution < -0.4 is 4.90 Å². The molecule has 3 nitrogen and oxygen atoms in total. The second kappa shape index (κ2) is 16.0. The number of aromatic nitrogens is 1. The van der Waals surface area contributed by atoms with Crippen molar-refractivity contribution < 1.29 is 4.42 Å². The summed E-state index contributed by atoms with van der Waals surface area (Å²) in [5.41, 5.74) is 20.3. The standard InChI is InChI=1S/C67H44N2O/c1-2-18-49(19-3-1)67(61-27-9-4-22-55(61)56-23-5-10-28-62(56)67)50-35-39-52(40-36-50)68(53-20-15-17-47(43-53)48-34-41-66-60(44-48)59-26-8-13-31-65(59)70-66)51-37-32-45(33-38-51)46-16-14-21-54(42-46)69-63-29-11-6-24-57(63)58-25-7-12-30-64(58)69/h1-44H. The molecule has 0 N–H and O–H groups in total. The zero-order valence-electron chi connectivity index (χ0n) is 38.2. The Bertz CT molecular complexity index is 4020. The topological polar surface area (TPSA) is 21.3 Å². The second-order valence-electron chi connectivity index (χ2n) is 18.4. The number of anilines is 3. The van der Waals surface area contributed by atoms with Gasteiger partial charge in [-0.05, 0) is 134 Å². The van der Waals surface area contributed by atoms with Crippen LogP contribution in [0.5, 0.6) is 0 Å². The highest BCUT2D eigenvalue weighted by Gasteiger charge is 2.45. The Balaban J connectivity index is 0.899. The Morgan fingerprint density at radius 2 is 0.829 bits per heavy atom. The van der Waals surface area contributed by atoms with Crippen molar-refractivity contribution in [1.29, 1.82) is 0 Å². The first-order chi connectivity index (χ1) is 34.7. The maximum Gasteiger partial charge on any atom is 0.135 e. The molecule has 11 aromatic carbocycles. The number of rotatable bonds is 8. The smallest absolute Gasteiger partial charge is 0.135 e. The number of furan rings is 1. The summed E-state index contributed by atoms with van der Waals surface area (Å²) >= 11 is 0. The summed E-state index contributed by atoms with van der Waals surface area (Å²) in [4.78, 5) is 2.39.